The smallest absolute Gasteiger partial charge is 0.350 e. The van der Waals surface area contributed by atoms with E-state index in [1.54, 1.807) is 26.0 Å². The van der Waals surface area contributed by atoms with Crippen molar-refractivity contribution in [3.8, 4) is 16.6 Å². The van der Waals surface area contributed by atoms with Crippen LogP contribution in [-0.4, -0.2) is 17.6 Å². The Kier molecular flexibility index (Phi) is 3.93. The van der Waals surface area contributed by atoms with Crippen molar-refractivity contribution in [3.05, 3.63) is 40.4 Å². The number of hydrogen-bond acceptors (Lipinski definition) is 5. The number of hydrogen-bond donors (Lipinski definition) is 0. The summed E-state index contributed by atoms with van der Waals surface area (Å²) in [4.78, 5) is 16.6. The molecule has 0 aliphatic heterocycles. The molecule has 2 aromatic rings. The van der Waals surface area contributed by atoms with Gasteiger partial charge in [-0.25, -0.2) is 9.78 Å². The van der Waals surface area contributed by atoms with E-state index in [0.29, 0.717) is 22.7 Å². The van der Waals surface area contributed by atoms with Crippen LogP contribution in [0.5, 0.6) is 0 Å². The molecule has 0 radical (unpaired) electrons. The van der Waals surface area contributed by atoms with E-state index in [9.17, 15) is 4.79 Å². The summed E-state index contributed by atoms with van der Waals surface area (Å²) >= 11 is 1.31. The average molecular weight is 272 g/mol. The molecule has 19 heavy (non-hydrogen) atoms. The molecular formula is C14H12N2O2S. The van der Waals surface area contributed by atoms with Crippen molar-refractivity contribution in [2.45, 2.75) is 13.8 Å². The molecule has 0 bridgehead atoms. The lowest BCUT2D eigenvalue weighted by molar-refractivity contribution is 0.0531. The first-order valence-corrected chi connectivity index (χ1v) is 6.62. The molecular weight excluding hydrogens is 260 g/mol. The van der Waals surface area contributed by atoms with Gasteiger partial charge >= 0.3 is 5.97 Å². The Labute approximate surface area is 115 Å². The summed E-state index contributed by atoms with van der Waals surface area (Å²) in [7, 11) is 0. The summed E-state index contributed by atoms with van der Waals surface area (Å²) in [5.41, 5.74) is 2.16. The van der Waals surface area contributed by atoms with E-state index in [2.05, 4.69) is 11.1 Å². The number of nitrogens with zero attached hydrogens (tertiary/aromatic N) is 2. The van der Waals surface area contributed by atoms with Crippen molar-refractivity contribution in [2.24, 2.45) is 0 Å². The number of nitriles is 1. The molecule has 96 valence electrons. The summed E-state index contributed by atoms with van der Waals surface area (Å²) in [6, 6.07) is 9.18. The second-order valence-electron chi connectivity index (χ2n) is 3.84. The number of benzene rings is 1. The van der Waals surface area contributed by atoms with Gasteiger partial charge in [0.2, 0.25) is 0 Å². The fourth-order valence-corrected chi connectivity index (χ4v) is 2.56. The molecule has 0 fully saturated rings. The first-order chi connectivity index (χ1) is 9.15. The molecule has 0 aliphatic rings. The van der Waals surface area contributed by atoms with Crippen LogP contribution in [-0.2, 0) is 4.74 Å². The number of rotatable bonds is 3. The molecule has 0 spiro atoms. The third-order valence-corrected chi connectivity index (χ3v) is 3.70. The van der Waals surface area contributed by atoms with Crippen molar-refractivity contribution >= 4 is 17.3 Å². The van der Waals surface area contributed by atoms with Crippen LogP contribution in [0.4, 0.5) is 0 Å². The highest BCUT2D eigenvalue weighted by molar-refractivity contribution is 7.17. The van der Waals surface area contributed by atoms with Crippen LogP contribution in [0.2, 0.25) is 0 Å². The molecule has 0 amide bonds. The maximum absolute atomic E-state index is 11.7. The van der Waals surface area contributed by atoms with Crippen molar-refractivity contribution in [1.82, 2.24) is 4.98 Å². The van der Waals surface area contributed by atoms with Gasteiger partial charge in [0.05, 0.1) is 23.9 Å². The van der Waals surface area contributed by atoms with Crippen LogP contribution in [0, 0.1) is 18.3 Å². The molecule has 0 saturated heterocycles. The number of ether oxygens (including phenoxy) is 1. The lowest BCUT2D eigenvalue weighted by Gasteiger charge is -1.97. The molecule has 0 atom stereocenters. The Morgan fingerprint density at radius 1 is 1.42 bits per heavy atom. The standard InChI is InChI=1S/C14H12N2O2S/c1-3-18-14(17)12-9(2)16-13(19-12)11-6-4-10(8-15)5-7-11/h4-7H,3H2,1-2H3. The molecule has 0 aliphatic carbocycles. The Bertz CT molecular complexity index is 638. The Hall–Kier alpha value is -2.19. The fourth-order valence-electron chi connectivity index (χ4n) is 1.59. The van der Waals surface area contributed by atoms with Crippen molar-refractivity contribution in [2.75, 3.05) is 6.61 Å². The largest absolute Gasteiger partial charge is 0.462 e. The van der Waals surface area contributed by atoms with E-state index in [4.69, 9.17) is 10.00 Å². The maximum atomic E-state index is 11.7. The normalized spacial score (nSPS) is 9.95. The minimum atomic E-state index is -0.336. The van der Waals surface area contributed by atoms with Crippen LogP contribution in [0.15, 0.2) is 24.3 Å². The van der Waals surface area contributed by atoms with Crippen LogP contribution in [0.1, 0.15) is 27.9 Å². The van der Waals surface area contributed by atoms with E-state index in [1.165, 1.54) is 11.3 Å². The molecule has 0 N–H and O–H groups in total. The van der Waals surface area contributed by atoms with E-state index in [1.807, 2.05) is 12.1 Å². The van der Waals surface area contributed by atoms with Gasteiger partial charge in [0.1, 0.15) is 9.88 Å². The minimum Gasteiger partial charge on any atom is -0.462 e. The molecule has 1 aromatic carbocycles. The van der Waals surface area contributed by atoms with Crippen molar-refractivity contribution in [3.63, 3.8) is 0 Å². The second kappa shape index (κ2) is 5.63. The summed E-state index contributed by atoms with van der Waals surface area (Å²) < 4.78 is 4.98. The minimum absolute atomic E-state index is 0.336. The number of carbonyl (C=O) groups excluding carboxylic acids is 1. The Morgan fingerprint density at radius 3 is 2.68 bits per heavy atom. The highest BCUT2D eigenvalue weighted by Crippen LogP contribution is 2.28. The zero-order valence-electron chi connectivity index (χ0n) is 10.6. The van der Waals surface area contributed by atoms with Crippen LogP contribution in [0.25, 0.3) is 10.6 Å². The van der Waals surface area contributed by atoms with E-state index in [0.717, 1.165) is 10.6 Å². The predicted molar refractivity (Wildman–Crippen MR) is 73.0 cm³/mol. The van der Waals surface area contributed by atoms with Crippen LogP contribution >= 0.6 is 11.3 Å². The number of aromatic nitrogens is 1. The van der Waals surface area contributed by atoms with Crippen LogP contribution < -0.4 is 0 Å². The van der Waals surface area contributed by atoms with E-state index < -0.39 is 0 Å². The molecule has 1 aromatic heterocycles. The quantitative estimate of drug-likeness (QED) is 0.805. The van der Waals surface area contributed by atoms with Crippen LogP contribution in [0.3, 0.4) is 0 Å². The van der Waals surface area contributed by atoms with Gasteiger partial charge < -0.3 is 4.74 Å². The summed E-state index contributed by atoms with van der Waals surface area (Å²) in [6.45, 7) is 3.91. The summed E-state index contributed by atoms with van der Waals surface area (Å²) in [5.74, 6) is -0.336. The van der Waals surface area contributed by atoms with Gasteiger partial charge in [-0.15, -0.1) is 11.3 Å². The Balaban J connectivity index is 2.33. The molecule has 0 unspecified atom stereocenters. The van der Waals surface area contributed by atoms with E-state index in [-0.39, 0.29) is 5.97 Å². The highest BCUT2D eigenvalue weighted by atomic mass is 32.1. The third-order valence-electron chi connectivity index (χ3n) is 2.52. The van der Waals surface area contributed by atoms with Gasteiger partial charge in [-0.05, 0) is 26.0 Å². The molecule has 4 nitrogen and oxygen atoms in total. The third kappa shape index (κ3) is 2.80. The van der Waals surface area contributed by atoms with Gasteiger partial charge in [-0.1, -0.05) is 12.1 Å². The SMILES string of the molecule is CCOC(=O)c1sc(-c2ccc(C#N)cc2)nc1C. The monoisotopic (exact) mass is 272 g/mol. The molecule has 2 rings (SSSR count). The average Bonchev–Trinajstić information content (AvgIpc) is 2.81. The predicted octanol–water partition coefficient (Wildman–Crippen LogP) is 3.17. The van der Waals surface area contributed by atoms with Gasteiger partial charge in [0.15, 0.2) is 0 Å². The zero-order valence-corrected chi connectivity index (χ0v) is 11.5. The fraction of sp³-hybridized carbons (Fsp3) is 0.214. The first kappa shape index (κ1) is 13.2. The number of carbonyl (C=O) groups is 1. The topological polar surface area (TPSA) is 63.0 Å². The second-order valence-corrected chi connectivity index (χ2v) is 4.84. The van der Waals surface area contributed by atoms with E-state index >= 15 is 0 Å². The summed E-state index contributed by atoms with van der Waals surface area (Å²) in [6.07, 6.45) is 0. The molecule has 0 saturated carbocycles. The lowest BCUT2D eigenvalue weighted by atomic mass is 10.1. The number of esters is 1. The summed E-state index contributed by atoms with van der Waals surface area (Å²) in [5, 5.41) is 9.51. The zero-order chi connectivity index (χ0) is 13.8. The van der Waals surface area contributed by atoms with Crippen molar-refractivity contribution < 1.29 is 9.53 Å². The highest BCUT2D eigenvalue weighted by Gasteiger charge is 2.16. The maximum Gasteiger partial charge on any atom is 0.350 e. The lowest BCUT2D eigenvalue weighted by Crippen LogP contribution is -2.03. The van der Waals surface area contributed by atoms with Gasteiger partial charge in [-0.3, -0.25) is 0 Å². The molecule has 5 heteroatoms. The van der Waals surface area contributed by atoms with Gasteiger partial charge in [-0.2, -0.15) is 5.26 Å². The van der Waals surface area contributed by atoms with Crippen molar-refractivity contribution in [1.29, 1.82) is 5.26 Å². The Morgan fingerprint density at radius 2 is 2.11 bits per heavy atom. The number of thiazole rings is 1. The van der Waals surface area contributed by atoms with Gasteiger partial charge in [0.25, 0.3) is 0 Å². The molecule has 1 heterocycles. The first-order valence-electron chi connectivity index (χ1n) is 5.80. The van der Waals surface area contributed by atoms with Gasteiger partial charge in [0, 0.05) is 5.56 Å². The number of aryl methyl sites for hydroxylation is 1.